The molecule has 0 radical (unpaired) electrons. The highest BCUT2D eigenvalue weighted by molar-refractivity contribution is 5.75. The highest BCUT2D eigenvalue weighted by Gasteiger charge is 2.20. The first kappa shape index (κ1) is 21.3. The zero-order chi connectivity index (χ0) is 19.6. The molecule has 1 saturated heterocycles. The average molecular weight is 375 g/mol. The summed E-state index contributed by atoms with van der Waals surface area (Å²) in [7, 11) is 3.26. The van der Waals surface area contributed by atoms with Gasteiger partial charge >= 0.3 is 0 Å². The SMILES string of the molecule is C/C=C(\C)CN1CCC[C@@H](CCC(=O)NCc2ccc(OC)cc2OC)C1. The van der Waals surface area contributed by atoms with Gasteiger partial charge in [0.1, 0.15) is 11.5 Å². The van der Waals surface area contributed by atoms with Crippen LogP contribution in [0.2, 0.25) is 0 Å². The molecule has 0 aliphatic carbocycles. The number of benzene rings is 1. The highest BCUT2D eigenvalue weighted by Crippen LogP contribution is 2.25. The van der Waals surface area contributed by atoms with Crippen LogP contribution >= 0.6 is 0 Å². The maximum atomic E-state index is 12.3. The van der Waals surface area contributed by atoms with Gasteiger partial charge in [0.15, 0.2) is 0 Å². The van der Waals surface area contributed by atoms with Crippen LogP contribution in [-0.4, -0.2) is 44.7 Å². The summed E-state index contributed by atoms with van der Waals surface area (Å²) in [5.74, 6) is 2.20. The van der Waals surface area contributed by atoms with Gasteiger partial charge in [0.2, 0.25) is 5.91 Å². The van der Waals surface area contributed by atoms with Gasteiger partial charge in [-0.15, -0.1) is 0 Å². The van der Waals surface area contributed by atoms with Gasteiger partial charge in [0.05, 0.1) is 14.2 Å². The van der Waals surface area contributed by atoms with E-state index in [1.165, 1.54) is 25.0 Å². The number of rotatable bonds is 9. The number of carbonyl (C=O) groups excluding carboxylic acids is 1. The van der Waals surface area contributed by atoms with Crippen molar-refractivity contribution >= 4 is 5.91 Å². The molecule has 1 heterocycles. The molecular weight excluding hydrogens is 340 g/mol. The van der Waals surface area contributed by atoms with E-state index in [-0.39, 0.29) is 5.91 Å². The van der Waals surface area contributed by atoms with Crippen molar-refractivity contribution in [1.29, 1.82) is 0 Å². The number of carbonyl (C=O) groups is 1. The second kappa shape index (κ2) is 11.0. The zero-order valence-electron chi connectivity index (χ0n) is 17.2. The molecule has 0 bridgehead atoms. The number of ether oxygens (including phenoxy) is 2. The van der Waals surface area contributed by atoms with E-state index in [1.807, 2.05) is 18.2 Å². The number of piperidine rings is 1. The van der Waals surface area contributed by atoms with Crippen molar-refractivity contribution in [2.45, 2.75) is 46.1 Å². The topological polar surface area (TPSA) is 50.8 Å². The Hall–Kier alpha value is -2.01. The van der Waals surface area contributed by atoms with Crippen LogP contribution in [0.15, 0.2) is 29.8 Å². The third-order valence-corrected chi connectivity index (χ3v) is 5.32. The molecule has 150 valence electrons. The summed E-state index contributed by atoms with van der Waals surface area (Å²) < 4.78 is 10.6. The van der Waals surface area contributed by atoms with E-state index < -0.39 is 0 Å². The van der Waals surface area contributed by atoms with Gasteiger partial charge < -0.3 is 14.8 Å². The Balaban J connectivity index is 1.76. The smallest absolute Gasteiger partial charge is 0.220 e. The molecule has 5 heteroatoms. The van der Waals surface area contributed by atoms with Gasteiger partial charge in [0, 0.05) is 37.7 Å². The Labute approximate surface area is 163 Å². The molecule has 0 spiro atoms. The summed E-state index contributed by atoms with van der Waals surface area (Å²) in [5, 5.41) is 3.02. The van der Waals surface area contributed by atoms with Crippen molar-refractivity contribution < 1.29 is 14.3 Å². The quantitative estimate of drug-likeness (QED) is 0.669. The first-order valence-corrected chi connectivity index (χ1v) is 9.87. The van der Waals surface area contributed by atoms with Crippen LogP contribution < -0.4 is 14.8 Å². The van der Waals surface area contributed by atoms with Crippen LogP contribution in [-0.2, 0) is 11.3 Å². The molecule has 1 aliphatic rings. The second-order valence-corrected chi connectivity index (χ2v) is 7.37. The lowest BCUT2D eigenvalue weighted by Crippen LogP contribution is -2.37. The number of nitrogens with zero attached hydrogens (tertiary/aromatic N) is 1. The summed E-state index contributed by atoms with van der Waals surface area (Å²) >= 11 is 0. The number of hydrogen-bond donors (Lipinski definition) is 1. The first-order valence-electron chi connectivity index (χ1n) is 9.87. The molecule has 0 aromatic heterocycles. The Morgan fingerprint density at radius 2 is 2.15 bits per heavy atom. The van der Waals surface area contributed by atoms with E-state index in [1.54, 1.807) is 14.2 Å². The molecule has 1 aromatic rings. The van der Waals surface area contributed by atoms with Gasteiger partial charge in [-0.25, -0.2) is 0 Å². The molecule has 1 amide bonds. The maximum Gasteiger partial charge on any atom is 0.220 e. The number of amides is 1. The molecule has 27 heavy (non-hydrogen) atoms. The molecule has 1 aromatic carbocycles. The van der Waals surface area contributed by atoms with Crippen LogP contribution in [0.3, 0.4) is 0 Å². The minimum atomic E-state index is 0.106. The normalized spacial score (nSPS) is 18.2. The summed E-state index contributed by atoms with van der Waals surface area (Å²) in [6.45, 7) is 8.08. The molecule has 5 nitrogen and oxygen atoms in total. The Morgan fingerprint density at radius 1 is 1.33 bits per heavy atom. The molecule has 0 unspecified atom stereocenters. The summed E-state index contributed by atoms with van der Waals surface area (Å²) in [4.78, 5) is 14.8. The van der Waals surface area contributed by atoms with Crippen molar-refractivity contribution in [3.05, 3.63) is 35.4 Å². The van der Waals surface area contributed by atoms with Crippen LogP contribution in [0, 0.1) is 5.92 Å². The molecule has 1 aliphatic heterocycles. The Bertz CT molecular complexity index is 642. The summed E-state index contributed by atoms with van der Waals surface area (Å²) in [6, 6.07) is 5.65. The molecule has 2 rings (SSSR count). The van der Waals surface area contributed by atoms with E-state index in [0.29, 0.717) is 18.9 Å². The van der Waals surface area contributed by atoms with E-state index in [9.17, 15) is 4.79 Å². The van der Waals surface area contributed by atoms with Crippen molar-refractivity contribution in [2.75, 3.05) is 33.9 Å². The number of methoxy groups -OCH3 is 2. The van der Waals surface area contributed by atoms with Crippen molar-refractivity contribution in [2.24, 2.45) is 5.92 Å². The molecule has 1 N–H and O–H groups in total. The van der Waals surface area contributed by atoms with Crippen LogP contribution in [0.4, 0.5) is 0 Å². The number of allylic oxidation sites excluding steroid dienone is 1. The second-order valence-electron chi connectivity index (χ2n) is 7.37. The largest absolute Gasteiger partial charge is 0.497 e. The fourth-order valence-electron chi connectivity index (χ4n) is 3.59. The maximum absolute atomic E-state index is 12.3. The third kappa shape index (κ3) is 6.90. The fraction of sp³-hybridized carbons (Fsp3) is 0.591. The molecule has 1 fully saturated rings. The monoisotopic (exact) mass is 374 g/mol. The molecular formula is C22H34N2O3. The molecule has 1 atom stereocenters. The van der Waals surface area contributed by atoms with Crippen molar-refractivity contribution in [1.82, 2.24) is 10.2 Å². The predicted octanol–water partition coefficient (Wildman–Crippen LogP) is 3.78. The van der Waals surface area contributed by atoms with Crippen LogP contribution in [0.25, 0.3) is 0 Å². The lowest BCUT2D eigenvalue weighted by atomic mass is 9.93. The third-order valence-electron chi connectivity index (χ3n) is 5.32. The fourth-order valence-corrected chi connectivity index (χ4v) is 3.59. The first-order chi connectivity index (χ1) is 13.0. The summed E-state index contributed by atoms with van der Waals surface area (Å²) in [6.07, 6.45) is 6.18. The highest BCUT2D eigenvalue weighted by atomic mass is 16.5. The number of hydrogen-bond acceptors (Lipinski definition) is 4. The Kier molecular flexibility index (Phi) is 8.65. The average Bonchev–Trinajstić information content (AvgIpc) is 2.70. The van der Waals surface area contributed by atoms with Gasteiger partial charge in [-0.2, -0.15) is 0 Å². The van der Waals surface area contributed by atoms with Crippen LogP contribution in [0.5, 0.6) is 11.5 Å². The van der Waals surface area contributed by atoms with E-state index in [2.05, 4.69) is 30.1 Å². The zero-order valence-corrected chi connectivity index (χ0v) is 17.2. The van der Waals surface area contributed by atoms with E-state index >= 15 is 0 Å². The van der Waals surface area contributed by atoms with E-state index in [0.717, 1.165) is 36.6 Å². The van der Waals surface area contributed by atoms with Gasteiger partial charge in [-0.3, -0.25) is 9.69 Å². The van der Waals surface area contributed by atoms with Gasteiger partial charge in [0.25, 0.3) is 0 Å². The van der Waals surface area contributed by atoms with Crippen molar-refractivity contribution in [3.63, 3.8) is 0 Å². The standard InChI is InChI=1S/C22H34N2O3/c1-5-17(2)15-24-12-6-7-18(16-24)8-11-22(25)23-14-19-9-10-20(26-3)13-21(19)27-4/h5,9-10,13,18H,6-8,11-12,14-16H2,1-4H3,(H,23,25)/b17-5+/t18-/m0/s1. The lowest BCUT2D eigenvalue weighted by Gasteiger charge is -2.32. The van der Waals surface area contributed by atoms with Gasteiger partial charge in [-0.1, -0.05) is 11.6 Å². The Morgan fingerprint density at radius 3 is 2.85 bits per heavy atom. The van der Waals surface area contributed by atoms with E-state index in [4.69, 9.17) is 9.47 Å². The van der Waals surface area contributed by atoms with Crippen LogP contribution in [0.1, 0.15) is 45.1 Å². The summed E-state index contributed by atoms with van der Waals surface area (Å²) in [5.41, 5.74) is 2.37. The number of likely N-dealkylation sites (tertiary alicyclic amines) is 1. The minimum Gasteiger partial charge on any atom is -0.497 e. The predicted molar refractivity (Wildman–Crippen MR) is 109 cm³/mol. The lowest BCUT2D eigenvalue weighted by molar-refractivity contribution is -0.121. The minimum absolute atomic E-state index is 0.106. The van der Waals surface area contributed by atoms with Crippen molar-refractivity contribution in [3.8, 4) is 11.5 Å². The van der Waals surface area contributed by atoms with Gasteiger partial charge in [-0.05, 0) is 57.7 Å². The number of nitrogens with one attached hydrogen (secondary N) is 1. The molecule has 0 saturated carbocycles.